The second kappa shape index (κ2) is 10.1. The molecule has 7 heteroatoms. The van der Waals surface area contributed by atoms with Crippen molar-refractivity contribution in [3.63, 3.8) is 0 Å². The second-order valence-electron chi connectivity index (χ2n) is 6.68. The number of nitro benzene ring substituents is 1. The first-order valence-corrected chi connectivity index (χ1v) is 9.41. The van der Waals surface area contributed by atoms with Gasteiger partial charge in [-0.3, -0.25) is 10.1 Å². The van der Waals surface area contributed by atoms with Gasteiger partial charge in [-0.25, -0.2) is 0 Å². The number of methoxy groups -OCH3 is 1. The number of nitro groups is 1. The van der Waals surface area contributed by atoms with Crippen LogP contribution in [0, 0.1) is 17.0 Å². The van der Waals surface area contributed by atoms with E-state index in [0.29, 0.717) is 12.1 Å². The average molecular weight is 405 g/mol. The molecule has 0 aliphatic heterocycles. The summed E-state index contributed by atoms with van der Waals surface area (Å²) in [5, 5.41) is 15.8. The summed E-state index contributed by atoms with van der Waals surface area (Å²) < 4.78 is 11.1. The van der Waals surface area contributed by atoms with E-state index in [-0.39, 0.29) is 23.8 Å². The molecule has 0 amide bonds. The molecule has 0 saturated carbocycles. The van der Waals surface area contributed by atoms with E-state index in [0.717, 1.165) is 16.7 Å². The number of hydrogen-bond acceptors (Lipinski definition) is 6. The highest BCUT2D eigenvalue weighted by Crippen LogP contribution is 2.38. The molecule has 1 N–H and O–H groups in total. The standard InChI is InChI=1S/C23H23N3O4/c1-17-8-10-19(11-9-17)16-30-23-21(26(27)28)12-20(13-22(23)29-2)15-25-24-14-18-6-4-3-5-7-18/h3-13,15,24H,14,16H2,1-2H3. The summed E-state index contributed by atoms with van der Waals surface area (Å²) in [7, 11) is 1.45. The molecule has 0 radical (unpaired) electrons. The minimum atomic E-state index is -0.484. The molecule has 7 nitrogen and oxygen atoms in total. The van der Waals surface area contributed by atoms with Gasteiger partial charge in [-0.1, -0.05) is 60.2 Å². The maximum Gasteiger partial charge on any atom is 0.315 e. The Bertz CT molecular complexity index is 1020. The lowest BCUT2D eigenvalue weighted by molar-refractivity contribution is -0.386. The van der Waals surface area contributed by atoms with Crippen LogP contribution >= 0.6 is 0 Å². The smallest absolute Gasteiger partial charge is 0.315 e. The van der Waals surface area contributed by atoms with E-state index in [1.54, 1.807) is 6.07 Å². The Morgan fingerprint density at radius 3 is 2.47 bits per heavy atom. The zero-order chi connectivity index (χ0) is 21.3. The molecule has 0 heterocycles. The molecule has 0 aliphatic rings. The number of ether oxygens (including phenoxy) is 2. The van der Waals surface area contributed by atoms with E-state index < -0.39 is 4.92 Å². The molecule has 0 bridgehead atoms. The molecule has 0 aliphatic carbocycles. The molecule has 3 rings (SSSR count). The minimum Gasteiger partial charge on any atom is -0.493 e. The van der Waals surface area contributed by atoms with Crippen molar-refractivity contribution in [3.05, 3.63) is 99.1 Å². The molecule has 0 aromatic heterocycles. The Morgan fingerprint density at radius 1 is 1.07 bits per heavy atom. The number of nitrogens with zero attached hydrogens (tertiary/aromatic N) is 2. The van der Waals surface area contributed by atoms with Crippen molar-refractivity contribution < 1.29 is 14.4 Å². The maximum atomic E-state index is 11.6. The van der Waals surface area contributed by atoms with Crippen LogP contribution in [0.25, 0.3) is 0 Å². The van der Waals surface area contributed by atoms with E-state index in [1.165, 1.54) is 19.4 Å². The molecule has 0 atom stereocenters. The first-order valence-electron chi connectivity index (χ1n) is 9.41. The van der Waals surface area contributed by atoms with Gasteiger partial charge < -0.3 is 14.9 Å². The Hall–Kier alpha value is -3.87. The third-order valence-electron chi connectivity index (χ3n) is 4.41. The van der Waals surface area contributed by atoms with Crippen LogP contribution in [-0.2, 0) is 13.2 Å². The largest absolute Gasteiger partial charge is 0.493 e. The highest BCUT2D eigenvalue weighted by Gasteiger charge is 2.22. The van der Waals surface area contributed by atoms with E-state index in [4.69, 9.17) is 9.47 Å². The highest BCUT2D eigenvalue weighted by atomic mass is 16.6. The van der Waals surface area contributed by atoms with Crippen molar-refractivity contribution in [1.82, 2.24) is 5.43 Å². The number of nitrogens with one attached hydrogen (secondary N) is 1. The molecule has 154 valence electrons. The Morgan fingerprint density at radius 2 is 1.80 bits per heavy atom. The number of hydrogen-bond donors (Lipinski definition) is 1. The van der Waals surface area contributed by atoms with Gasteiger partial charge in [0.2, 0.25) is 5.75 Å². The molecule has 0 unspecified atom stereocenters. The Kier molecular flexibility index (Phi) is 7.00. The van der Waals surface area contributed by atoms with Crippen molar-refractivity contribution in [1.29, 1.82) is 0 Å². The number of benzene rings is 3. The fourth-order valence-electron chi connectivity index (χ4n) is 2.81. The van der Waals surface area contributed by atoms with Crippen molar-refractivity contribution in [3.8, 4) is 11.5 Å². The fraction of sp³-hybridized carbons (Fsp3) is 0.174. The van der Waals surface area contributed by atoms with E-state index >= 15 is 0 Å². The second-order valence-corrected chi connectivity index (χ2v) is 6.68. The molecule has 0 saturated heterocycles. The predicted octanol–water partition coefficient (Wildman–Crippen LogP) is 4.61. The van der Waals surface area contributed by atoms with Crippen LogP contribution in [0.15, 0.2) is 71.8 Å². The fourth-order valence-corrected chi connectivity index (χ4v) is 2.81. The molecule has 3 aromatic carbocycles. The SMILES string of the molecule is COc1cc(C=NNCc2ccccc2)cc([N+](=O)[O-])c1OCc1ccc(C)cc1. The van der Waals surface area contributed by atoms with Crippen molar-refractivity contribution in [2.24, 2.45) is 5.10 Å². The normalized spacial score (nSPS) is 10.7. The Labute approximate surface area is 175 Å². The van der Waals surface area contributed by atoms with Gasteiger partial charge in [0.1, 0.15) is 6.61 Å². The lowest BCUT2D eigenvalue weighted by Gasteiger charge is -2.12. The van der Waals surface area contributed by atoms with Gasteiger partial charge in [-0.05, 0) is 24.1 Å². The number of rotatable bonds is 9. The summed E-state index contributed by atoms with van der Waals surface area (Å²) in [5.74, 6) is 0.373. The monoisotopic (exact) mass is 405 g/mol. The van der Waals surface area contributed by atoms with Crippen LogP contribution in [0.5, 0.6) is 11.5 Å². The van der Waals surface area contributed by atoms with Gasteiger partial charge in [0.25, 0.3) is 0 Å². The lowest BCUT2D eigenvalue weighted by atomic mass is 10.1. The Balaban J connectivity index is 1.75. The summed E-state index contributed by atoms with van der Waals surface area (Å²) in [6.45, 7) is 2.74. The topological polar surface area (TPSA) is 86.0 Å². The first-order chi connectivity index (χ1) is 14.6. The predicted molar refractivity (Wildman–Crippen MR) is 116 cm³/mol. The molecule has 3 aromatic rings. The summed E-state index contributed by atoms with van der Waals surface area (Å²) in [6, 6.07) is 20.7. The van der Waals surface area contributed by atoms with Crippen LogP contribution in [-0.4, -0.2) is 18.2 Å². The van der Waals surface area contributed by atoms with E-state index in [9.17, 15) is 10.1 Å². The van der Waals surface area contributed by atoms with Gasteiger partial charge in [-0.2, -0.15) is 5.10 Å². The lowest BCUT2D eigenvalue weighted by Crippen LogP contribution is -2.06. The summed E-state index contributed by atoms with van der Waals surface area (Å²) in [4.78, 5) is 11.1. The minimum absolute atomic E-state index is 0.0949. The van der Waals surface area contributed by atoms with Gasteiger partial charge in [0.15, 0.2) is 5.75 Å². The van der Waals surface area contributed by atoms with Gasteiger partial charge in [0.05, 0.1) is 24.8 Å². The molecule has 0 fully saturated rings. The number of aryl methyl sites for hydroxylation is 1. The molecular formula is C23H23N3O4. The average Bonchev–Trinajstić information content (AvgIpc) is 2.77. The van der Waals surface area contributed by atoms with Crippen molar-refractivity contribution in [2.75, 3.05) is 7.11 Å². The van der Waals surface area contributed by atoms with Gasteiger partial charge >= 0.3 is 5.69 Å². The summed E-state index contributed by atoms with van der Waals surface area (Å²) >= 11 is 0. The van der Waals surface area contributed by atoms with Crippen molar-refractivity contribution in [2.45, 2.75) is 20.1 Å². The van der Waals surface area contributed by atoms with Crippen molar-refractivity contribution >= 4 is 11.9 Å². The highest BCUT2D eigenvalue weighted by molar-refractivity contribution is 5.83. The van der Waals surface area contributed by atoms with Gasteiger partial charge in [-0.15, -0.1) is 0 Å². The first kappa shape index (κ1) is 20.9. The zero-order valence-electron chi connectivity index (χ0n) is 16.9. The van der Waals surface area contributed by atoms with Crippen LogP contribution in [0.2, 0.25) is 0 Å². The van der Waals surface area contributed by atoms with Crippen LogP contribution in [0.3, 0.4) is 0 Å². The number of hydrazone groups is 1. The van der Waals surface area contributed by atoms with Crippen LogP contribution in [0.1, 0.15) is 22.3 Å². The quantitative estimate of drug-likeness (QED) is 0.319. The molecular weight excluding hydrogens is 382 g/mol. The third kappa shape index (κ3) is 5.57. The van der Waals surface area contributed by atoms with E-state index in [2.05, 4.69) is 10.5 Å². The zero-order valence-corrected chi connectivity index (χ0v) is 16.9. The summed E-state index contributed by atoms with van der Waals surface area (Å²) in [5.41, 5.74) is 6.41. The third-order valence-corrected chi connectivity index (χ3v) is 4.41. The van der Waals surface area contributed by atoms with Crippen LogP contribution < -0.4 is 14.9 Å². The maximum absolute atomic E-state index is 11.6. The van der Waals surface area contributed by atoms with Gasteiger partial charge in [0, 0.05) is 11.6 Å². The van der Waals surface area contributed by atoms with Crippen LogP contribution in [0.4, 0.5) is 5.69 Å². The summed E-state index contributed by atoms with van der Waals surface area (Å²) in [6.07, 6.45) is 1.52. The van der Waals surface area contributed by atoms with E-state index in [1.807, 2.05) is 61.5 Å². The molecule has 0 spiro atoms. The molecule has 30 heavy (non-hydrogen) atoms.